The summed E-state index contributed by atoms with van der Waals surface area (Å²) in [5.74, 6) is -0.619. The van der Waals surface area contributed by atoms with Crippen LogP contribution in [0.25, 0.3) is 0 Å². The van der Waals surface area contributed by atoms with Crippen LogP contribution in [0.2, 0.25) is 5.02 Å². The number of para-hydroxylation sites is 1. The van der Waals surface area contributed by atoms with E-state index in [1.807, 2.05) is 30.3 Å². The molecule has 10 heteroatoms. The van der Waals surface area contributed by atoms with Crippen molar-refractivity contribution in [1.29, 1.82) is 0 Å². The molecule has 196 valence electrons. The number of nitrogens with zero attached hydrogens (tertiary/aromatic N) is 3. The lowest BCUT2D eigenvalue weighted by atomic mass is 9.73. The number of nitrogens with one attached hydrogen (secondary N) is 1. The molecule has 2 aromatic carbocycles. The maximum atomic E-state index is 13.8. The molecule has 0 aliphatic carbocycles. The second-order valence-corrected chi connectivity index (χ2v) is 10.5. The summed E-state index contributed by atoms with van der Waals surface area (Å²) in [5.41, 5.74) is 5.56. The first-order valence-electron chi connectivity index (χ1n) is 12.2. The topological polar surface area (TPSA) is 117 Å². The van der Waals surface area contributed by atoms with Gasteiger partial charge in [-0.05, 0) is 38.0 Å². The van der Waals surface area contributed by atoms with Crippen molar-refractivity contribution in [3.63, 3.8) is 0 Å². The smallest absolute Gasteiger partial charge is 0.256 e. The summed E-state index contributed by atoms with van der Waals surface area (Å²) in [4.78, 5) is 41.6. The van der Waals surface area contributed by atoms with Gasteiger partial charge in [0.2, 0.25) is 11.8 Å². The molecule has 0 spiro atoms. The van der Waals surface area contributed by atoms with E-state index in [0.717, 1.165) is 11.3 Å². The molecule has 0 aromatic heterocycles. The SMILES string of the molecule is CN1N=C2CCN(C(=O)[C@@H](COc3ccccc3Cl)NC(=O)C(C)(C)N)C[C@@]2(Cc2ccccc2)C1=O. The van der Waals surface area contributed by atoms with Crippen LogP contribution in [0.5, 0.6) is 5.75 Å². The van der Waals surface area contributed by atoms with E-state index in [4.69, 9.17) is 22.1 Å². The maximum absolute atomic E-state index is 13.8. The molecule has 2 aromatic rings. The number of hydrogen-bond acceptors (Lipinski definition) is 6. The number of ether oxygens (including phenoxy) is 1. The van der Waals surface area contributed by atoms with Crippen molar-refractivity contribution < 1.29 is 19.1 Å². The van der Waals surface area contributed by atoms with Crippen molar-refractivity contribution >= 4 is 35.0 Å². The number of hydrogen-bond donors (Lipinski definition) is 2. The molecule has 0 radical (unpaired) electrons. The van der Waals surface area contributed by atoms with Gasteiger partial charge in [-0.1, -0.05) is 54.1 Å². The molecule has 9 nitrogen and oxygen atoms in total. The number of likely N-dealkylation sites (tertiary alicyclic amines) is 1. The Morgan fingerprint density at radius 3 is 2.54 bits per heavy atom. The Balaban J connectivity index is 1.59. The summed E-state index contributed by atoms with van der Waals surface area (Å²) in [5, 5.41) is 8.99. The molecule has 1 saturated heterocycles. The molecule has 4 rings (SSSR count). The zero-order chi connectivity index (χ0) is 26.8. The zero-order valence-electron chi connectivity index (χ0n) is 21.2. The third-order valence-electron chi connectivity index (χ3n) is 6.70. The van der Waals surface area contributed by atoms with Gasteiger partial charge in [-0.3, -0.25) is 14.4 Å². The molecular formula is C27H32ClN5O4. The third-order valence-corrected chi connectivity index (χ3v) is 7.01. The first-order chi connectivity index (χ1) is 17.5. The summed E-state index contributed by atoms with van der Waals surface area (Å²) >= 11 is 6.22. The second kappa shape index (κ2) is 10.5. The molecule has 3 N–H and O–H groups in total. The van der Waals surface area contributed by atoms with E-state index < -0.39 is 22.9 Å². The molecule has 2 heterocycles. The number of piperidine rings is 1. The Morgan fingerprint density at radius 1 is 1.19 bits per heavy atom. The van der Waals surface area contributed by atoms with Crippen LogP contribution in [0.4, 0.5) is 0 Å². The summed E-state index contributed by atoms with van der Waals surface area (Å²) in [7, 11) is 1.64. The predicted molar refractivity (Wildman–Crippen MR) is 141 cm³/mol. The molecule has 0 unspecified atom stereocenters. The van der Waals surface area contributed by atoms with Crippen molar-refractivity contribution in [1.82, 2.24) is 15.2 Å². The van der Waals surface area contributed by atoms with E-state index >= 15 is 0 Å². The number of carbonyl (C=O) groups excluding carboxylic acids is 3. The number of benzene rings is 2. The van der Waals surface area contributed by atoms with Gasteiger partial charge in [-0.15, -0.1) is 0 Å². The summed E-state index contributed by atoms with van der Waals surface area (Å²) in [6.45, 7) is 3.48. The maximum Gasteiger partial charge on any atom is 0.256 e. The zero-order valence-corrected chi connectivity index (χ0v) is 22.0. The lowest BCUT2D eigenvalue weighted by Gasteiger charge is -2.40. The molecule has 0 bridgehead atoms. The van der Waals surface area contributed by atoms with Crippen LogP contribution in [-0.2, 0) is 20.8 Å². The van der Waals surface area contributed by atoms with Gasteiger partial charge in [-0.25, -0.2) is 5.01 Å². The molecule has 1 fully saturated rings. The van der Waals surface area contributed by atoms with Gasteiger partial charge in [-0.2, -0.15) is 5.10 Å². The lowest BCUT2D eigenvalue weighted by Crippen LogP contribution is -2.62. The van der Waals surface area contributed by atoms with Gasteiger partial charge in [0.15, 0.2) is 0 Å². The Kier molecular flexibility index (Phi) is 7.57. The number of fused-ring (bicyclic) bond motifs is 1. The highest BCUT2D eigenvalue weighted by Crippen LogP contribution is 2.38. The van der Waals surface area contributed by atoms with Crippen LogP contribution in [0.15, 0.2) is 59.7 Å². The second-order valence-electron chi connectivity index (χ2n) is 10.1. The van der Waals surface area contributed by atoms with Gasteiger partial charge in [0, 0.05) is 26.6 Å². The van der Waals surface area contributed by atoms with E-state index in [0.29, 0.717) is 30.2 Å². The molecule has 2 atom stereocenters. The van der Waals surface area contributed by atoms with Crippen LogP contribution >= 0.6 is 11.6 Å². The minimum absolute atomic E-state index is 0.146. The number of nitrogens with two attached hydrogens (primary N) is 1. The normalized spacial score (nSPS) is 20.2. The van der Waals surface area contributed by atoms with Crippen LogP contribution in [0, 0.1) is 5.41 Å². The summed E-state index contributed by atoms with van der Waals surface area (Å²) in [6, 6.07) is 15.5. The molecule has 37 heavy (non-hydrogen) atoms. The van der Waals surface area contributed by atoms with Crippen LogP contribution < -0.4 is 15.8 Å². The minimum atomic E-state index is -1.21. The fourth-order valence-corrected chi connectivity index (χ4v) is 4.88. The first-order valence-corrected chi connectivity index (χ1v) is 12.5. The fourth-order valence-electron chi connectivity index (χ4n) is 4.69. The molecule has 2 aliphatic heterocycles. The van der Waals surface area contributed by atoms with Gasteiger partial charge in [0.1, 0.15) is 23.8 Å². The van der Waals surface area contributed by atoms with Crippen LogP contribution in [0.3, 0.4) is 0 Å². The average molecular weight is 526 g/mol. The Bertz CT molecular complexity index is 1210. The fraction of sp³-hybridized carbons (Fsp3) is 0.407. The molecule has 2 aliphatic rings. The lowest BCUT2D eigenvalue weighted by molar-refractivity contribution is -0.143. The van der Waals surface area contributed by atoms with Crippen molar-refractivity contribution in [2.75, 3.05) is 26.7 Å². The Morgan fingerprint density at radius 2 is 1.86 bits per heavy atom. The van der Waals surface area contributed by atoms with E-state index in [1.54, 1.807) is 50.1 Å². The average Bonchev–Trinajstić information content (AvgIpc) is 3.11. The van der Waals surface area contributed by atoms with E-state index in [9.17, 15) is 14.4 Å². The number of rotatable bonds is 8. The Hall–Kier alpha value is -3.43. The van der Waals surface area contributed by atoms with Crippen molar-refractivity contribution in [3.05, 3.63) is 65.2 Å². The first kappa shape index (κ1) is 26.6. The minimum Gasteiger partial charge on any atom is -0.489 e. The van der Waals surface area contributed by atoms with Gasteiger partial charge in [0.05, 0.1) is 16.3 Å². The van der Waals surface area contributed by atoms with Crippen LogP contribution in [-0.4, -0.2) is 71.7 Å². The molecular weight excluding hydrogens is 494 g/mol. The summed E-state index contributed by atoms with van der Waals surface area (Å²) in [6.07, 6.45) is 0.867. The van der Waals surface area contributed by atoms with E-state index in [1.165, 1.54) is 5.01 Å². The monoisotopic (exact) mass is 525 g/mol. The van der Waals surface area contributed by atoms with Crippen molar-refractivity contribution in [2.45, 2.75) is 38.3 Å². The molecule has 0 saturated carbocycles. The summed E-state index contributed by atoms with van der Waals surface area (Å²) < 4.78 is 5.84. The standard InChI is InChI=1S/C27H32ClN5O4/c1-26(2,29)24(35)30-20(16-37-21-12-8-7-11-19(21)28)23(34)33-14-13-22-27(17-33,25(36)32(3)31-22)15-18-9-5-4-6-10-18/h4-12,20H,13-17,29H2,1-3H3,(H,30,35)/t20-,27-/m1/s1. The largest absolute Gasteiger partial charge is 0.489 e. The van der Waals surface area contributed by atoms with E-state index in [2.05, 4.69) is 10.4 Å². The predicted octanol–water partition coefficient (Wildman–Crippen LogP) is 2.23. The number of carbonyl (C=O) groups is 3. The van der Waals surface area contributed by atoms with Crippen molar-refractivity contribution in [2.24, 2.45) is 16.3 Å². The number of amides is 3. The number of hydrazone groups is 1. The van der Waals surface area contributed by atoms with E-state index in [-0.39, 0.29) is 25.0 Å². The number of halogens is 1. The van der Waals surface area contributed by atoms with Gasteiger partial charge in [0.25, 0.3) is 5.91 Å². The quantitative estimate of drug-likeness (QED) is 0.548. The molecule has 3 amide bonds. The highest BCUT2D eigenvalue weighted by Gasteiger charge is 2.54. The van der Waals surface area contributed by atoms with Gasteiger partial charge < -0.3 is 20.7 Å². The van der Waals surface area contributed by atoms with Crippen molar-refractivity contribution in [3.8, 4) is 5.75 Å². The third kappa shape index (κ3) is 5.62. The Labute approximate surface area is 221 Å². The van der Waals surface area contributed by atoms with Gasteiger partial charge >= 0.3 is 0 Å². The highest BCUT2D eigenvalue weighted by atomic mass is 35.5. The van der Waals surface area contributed by atoms with Crippen LogP contribution in [0.1, 0.15) is 25.8 Å². The highest BCUT2D eigenvalue weighted by molar-refractivity contribution is 6.32.